The minimum absolute atomic E-state index is 0.113. The highest BCUT2D eigenvalue weighted by atomic mass is 32.2. The zero-order valence-corrected chi connectivity index (χ0v) is 12.5. The van der Waals surface area contributed by atoms with Gasteiger partial charge in [-0.3, -0.25) is 4.79 Å². The zero-order chi connectivity index (χ0) is 13.7. The second-order valence-electron chi connectivity index (χ2n) is 4.30. The van der Waals surface area contributed by atoms with Crippen LogP contribution in [0.5, 0.6) is 0 Å². The van der Waals surface area contributed by atoms with Crippen LogP contribution >= 0.6 is 18.9 Å². The van der Waals surface area contributed by atoms with Crippen LogP contribution in [0.25, 0.3) is 0 Å². The third-order valence-corrected chi connectivity index (χ3v) is 7.90. The van der Waals surface area contributed by atoms with Crippen molar-refractivity contribution in [2.45, 2.75) is 6.92 Å². The number of carbonyl (C=O) groups excluding carboxylic acids is 1. The monoisotopic (exact) mass is 285 g/mol. The van der Waals surface area contributed by atoms with Crippen molar-refractivity contribution in [3.05, 3.63) is 60.7 Å². The van der Waals surface area contributed by atoms with Gasteiger partial charge in [0.05, 0.1) is 10.6 Å². The van der Waals surface area contributed by atoms with E-state index in [1.807, 2.05) is 36.4 Å². The molecule has 1 nitrogen and oxygen atoms in total. The fourth-order valence-electron chi connectivity index (χ4n) is 1.88. The molecule has 0 saturated heterocycles. The Balaban J connectivity index is 2.41. The maximum Gasteiger partial charge on any atom is 0.378 e. The third kappa shape index (κ3) is 3.49. The van der Waals surface area contributed by atoms with Crippen molar-refractivity contribution in [3.8, 4) is 0 Å². The van der Waals surface area contributed by atoms with Crippen molar-refractivity contribution < 1.29 is 4.79 Å². The third-order valence-electron chi connectivity index (χ3n) is 2.91. The van der Waals surface area contributed by atoms with E-state index in [9.17, 15) is 4.79 Å². The van der Waals surface area contributed by atoms with E-state index in [0.717, 1.165) is 10.6 Å². The molecule has 0 heterocycles. The van der Waals surface area contributed by atoms with Gasteiger partial charge in [-0.1, -0.05) is 36.4 Å². The maximum atomic E-state index is 11.3. The van der Waals surface area contributed by atoms with Gasteiger partial charge in [-0.15, -0.1) is 0 Å². The Kier molecular flexibility index (Phi) is 4.84. The summed E-state index contributed by atoms with van der Waals surface area (Å²) in [6.45, 7) is 1.59. The predicted octanol–water partition coefficient (Wildman–Crippen LogP) is 2.98. The molecule has 0 N–H and O–H groups in total. The van der Waals surface area contributed by atoms with Crippen LogP contribution in [0.1, 0.15) is 6.92 Å². The summed E-state index contributed by atoms with van der Waals surface area (Å²) < 4.78 is 0. The van der Waals surface area contributed by atoms with Crippen LogP contribution in [-0.2, 0) is 4.79 Å². The Morgan fingerprint density at radius 1 is 1.00 bits per heavy atom. The molecule has 2 radical (unpaired) electrons. The van der Waals surface area contributed by atoms with Gasteiger partial charge in [-0.2, -0.15) is 0 Å². The standard InChI is InChI=1S/C15H15BOPS/c1-13(17)19-12-18(16,14-8-4-2-5-9-14)15-10-6-3-7-11-15/h2-11H,12H2,1H3/q+1. The lowest BCUT2D eigenvalue weighted by molar-refractivity contribution is -0.109. The number of thioether (sulfide) groups is 1. The van der Waals surface area contributed by atoms with Crippen molar-refractivity contribution in [3.63, 3.8) is 0 Å². The van der Waals surface area contributed by atoms with Crippen molar-refractivity contribution in [1.29, 1.82) is 0 Å². The van der Waals surface area contributed by atoms with E-state index in [0.29, 0.717) is 5.49 Å². The highest BCUT2D eigenvalue weighted by Gasteiger charge is 2.37. The van der Waals surface area contributed by atoms with Crippen molar-refractivity contribution in [1.82, 2.24) is 0 Å². The van der Waals surface area contributed by atoms with Crippen molar-refractivity contribution >= 4 is 42.2 Å². The van der Waals surface area contributed by atoms with Gasteiger partial charge in [0.25, 0.3) is 0 Å². The Labute approximate surface area is 120 Å². The molecule has 2 aromatic rings. The van der Waals surface area contributed by atoms with Gasteiger partial charge in [0.15, 0.2) is 5.12 Å². The summed E-state index contributed by atoms with van der Waals surface area (Å²) in [4.78, 5) is 11.3. The number of carbonyl (C=O) groups is 1. The first-order chi connectivity index (χ1) is 9.13. The first kappa shape index (κ1) is 14.4. The Morgan fingerprint density at radius 2 is 1.42 bits per heavy atom. The molecule has 0 spiro atoms. The first-order valence-electron chi connectivity index (χ1n) is 6.04. The van der Waals surface area contributed by atoms with E-state index < -0.39 is 7.14 Å². The minimum Gasteiger partial charge on any atom is -0.287 e. The van der Waals surface area contributed by atoms with Crippen molar-refractivity contribution in [2.24, 2.45) is 0 Å². The Morgan fingerprint density at radius 3 is 1.79 bits per heavy atom. The summed E-state index contributed by atoms with van der Waals surface area (Å²) in [6, 6.07) is 20.2. The minimum atomic E-state index is -1.99. The second-order valence-corrected chi connectivity index (χ2v) is 8.97. The molecule has 0 atom stereocenters. The average molecular weight is 285 g/mol. The molecule has 0 bridgehead atoms. The van der Waals surface area contributed by atoms with Gasteiger partial charge in [0, 0.05) is 14.1 Å². The summed E-state index contributed by atoms with van der Waals surface area (Å²) in [6.07, 6.45) is 0. The molecule has 0 aliphatic carbocycles. The molecule has 0 unspecified atom stereocenters. The predicted molar refractivity (Wildman–Crippen MR) is 88.0 cm³/mol. The van der Waals surface area contributed by atoms with Crippen molar-refractivity contribution in [2.75, 3.05) is 5.49 Å². The lowest BCUT2D eigenvalue weighted by atomic mass is 10.4. The molecule has 4 heteroatoms. The van der Waals surface area contributed by atoms with E-state index in [1.165, 1.54) is 11.8 Å². The highest BCUT2D eigenvalue weighted by Crippen LogP contribution is 2.53. The van der Waals surface area contributed by atoms with Crippen LogP contribution in [0.3, 0.4) is 0 Å². The quantitative estimate of drug-likeness (QED) is 0.634. The SMILES string of the molecule is [B][P+](CSC(C)=O)(c1ccccc1)c1ccccc1. The molecule has 0 fully saturated rings. The van der Waals surface area contributed by atoms with Gasteiger partial charge < -0.3 is 0 Å². The fraction of sp³-hybridized carbons (Fsp3) is 0.133. The van der Waals surface area contributed by atoms with Crippen LogP contribution in [-0.4, -0.2) is 18.2 Å². The summed E-state index contributed by atoms with van der Waals surface area (Å²) >= 11 is 1.31. The van der Waals surface area contributed by atoms with Crippen LogP contribution in [0.15, 0.2) is 60.7 Å². The molecule has 0 aliphatic rings. The van der Waals surface area contributed by atoms with E-state index in [1.54, 1.807) is 6.92 Å². The Hall–Kier alpha value is -1.05. The Bertz CT molecular complexity index is 505. The van der Waals surface area contributed by atoms with Gasteiger partial charge in [-0.05, 0) is 36.0 Å². The van der Waals surface area contributed by atoms with Gasteiger partial charge in [0.2, 0.25) is 0 Å². The molecule has 0 aliphatic heterocycles. The van der Waals surface area contributed by atoms with E-state index >= 15 is 0 Å². The molecule has 2 aromatic carbocycles. The largest absolute Gasteiger partial charge is 0.378 e. The number of benzene rings is 2. The first-order valence-corrected chi connectivity index (χ1v) is 9.07. The van der Waals surface area contributed by atoms with Crippen LogP contribution in [0, 0.1) is 0 Å². The maximum absolute atomic E-state index is 11.3. The average Bonchev–Trinajstić information content (AvgIpc) is 2.46. The molecule has 0 saturated carbocycles. The molecule has 94 valence electrons. The normalized spacial score (nSPS) is 11.2. The fourth-order valence-corrected chi connectivity index (χ4v) is 6.32. The summed E-state index contributed by atoms with van der Waals surface area (Å²) in [5.74, 6) is 0. The zero-order valence-electron chi connectivity index (χ0n) is 10.8. The molecule has 19 heavy (non-hydrogen) atoms. The van der Waals surface area contributed by atoms with Gasteiger partial charge in [-0.25, -0.2) is 0 Å². The number of hydrogen-bond acceptors (Lipinski definition) is 2. The second kappa shape index (κ2) is 6.41. The summed E-state index contributed by atoms with van der Waals surface area (Å²) in [5.41, 5.74) is 0.649. The van der Waals surface area contributed by atoms with E-state index in [4.69, 9.17) is 7.57 Å². The number of hydrogen-bond donors (Lipinski definition) is 0. The lowest BCUT2D eigenvalue weighted by Crippen LogP contribution is -2.24. The molecule has 0 amide bonds. The van der Waals surface area contributed by atoms with Crippen LogP contribution < -0.4 is 10.6 Å². The molecule has 2 rings (SSSR count). The van der Waals surface area contributed by atoms with Gasteiger partial charge >= 0.3 is 7.57 Å². The van der Waals surface area contributed by atoms with E-state index in [-0.39, 0.29) is 5.12 Å². The number of rotatable bonds is 4. The summed E-state index contributed by atoms with van der Waals surface area (Å²) in [5, 5.41) is 2.38. The smallest absolute Gasteiger partial charge is 0.287 e. The lowest BCUT2D eigenvalue weighted by Gasteiger charge is -2.22. The summed E-state index contributed by atoms with van der Waals surface area (Å²) in [7, 11) is 4.74. The highest BCUT2D eigenvalue weighted by molar-refractivity contribution is 8.25. The molecular weight excluding hydrogens is 270 g/mol. The van der Waals surface area contributed by atoms with E-state index in [2.05, 4.69) is 24.3 Å². The molecule has 0 aromatic heterocycles. The van der Waals surface area contributed by atoms with Crippen LogP contribution in [0.2, 0.25) is 0 Å². The topological polar surface area (TPSA) is 17.1 Å². The van der Waals surface area contributed by atoms with Gasteiger partial charge in [0.1, 0.15) is 5.49 Å². The molecular formula is C15H15BOPS+. The van der Waals surface area contributed by atoms with Crippen LogP contribution in [0.4, 0.5) is 0 Å².